The highest BCUT2D eigenvalue weighted by Gasteiger charge is 2.41. The van der Waals surface area contributed by atoms with Gasteiger partial charge in [0, 0.05) is 17.8 Å². The van der Waals surface area contributed by atoms with Gasteiger partial charge in [-0.1, -0.05) is 0 Å². The van der Waals surface area contributed by atoms with Gasteiger partial charge in [0.2, 0.25) is 0 Å². The second kappa shape index (κ2) is 7.21. The van der Waals surface area contributed by atoms with Gasteiger partial charge < -0.3 is 28.7 Å². The molecule has 11 nitrogen and oxygen atoms in total. The molecule has 27 heavy (non-hydrogen) atoms. The molecule has 4 rings (SSSR count). The lowest BCUT2D eigenvalue weighted by molar-refractivity contribution is -0.159. The van der Waals surface area contributed by atoms with Crippen molar-refractivity contribution in [1.29, 1.82) is 0 Å². The molecule has 2 fully saturated rings. The number of amides is 3. The van der Waals surface area contributed by atoms with E-state index in [1.807, 2.05) is 0 Å². The Morgan fingerprint density at radius 3 is 2.93 bits per heavy atom. The van der Waals surface area contributed by atoms with Gasteiger partial charge in [-0.3, -0.25) is 9.78 Å². The van der Waals surface area contributed by atoms with Crippen molar-refractivity contribution in [2.24, 2.45) is 0 Å². The molecular formula is C16H15N3O8. The Morgan fingerprint density at radius 1 is 1.33 bits per heavy atom. The summed E-state index contributed by atoms with van der Waals surface area (Å²) < 4.78 is 25.4. The molecule has 1 atom stereocenters. The number of ether oxygens (including phenoxy) is 4. The molecule has 142 valence electrons. The van der Waals surface area contributed by atoms with E-state index in [2.05, 4.69) is 10.3 Å². The number of hydrogen-bond acceptors (Lipinski definition) is 9. The average Bonchev–Trinajstić information content (AvgIpc) is 3.22. The van der Waals surface area contributed by atoms with Crippen LogP contribution in [0.25, 0.3) is 11.0 Å². The van der Waals surface area contributed by atoms with E-state index in [1.54, 1.807) is 24.5 Å². The Bertz CT molecular complexity index is 842. The number of imide groups is 1. The highest BCUT2D eigenvalue weighted by molar-refractivity contribution is 6.04. The number of furan rings is 1. The van der Waals surface area contributed by atoms with E-state index in [-0.39, 0.29) is 25.8 Å². The summed E-state index contributed by atoms with van der Waals surface area (Å²) in [6.07, 6.45) is 1.50. The number of nitrogens with one attached hydrogen (secondary N) is 1. The van der Waals surface area contributed by atoms with E-state index in [9.17, 15) is 14.4 Å². The monoisotopic (exact) mass is 377 g/mol. The maximum Gasteiger partial charge on any atom is 0.510 e. The molecule has 3 amide bonds. The van der Waals surface area contributed by atoms with Crippen LogP contribution in [0.5, 0.6) is 0 Å². The number of hydrogen-bond donors (Lipinski definition) is 1. The van der Waals surface area contributed by atoms with Crippen LogP contribution in [0.3, 0.4) is 0 Å². The van der Waals surface area contributed by atoms with Crippen LogP contribution in [0.15, 0.2) is 28.9 Å². The molecule has 4 heterocycles. The third-order valence-corrected chi connectivity index (χ3v) is 3.99. The number of urea groups is 1. The van der Waals surface area contributed by atoms with Crippen LogP contribution in [0.2, 0.25) is 0 Å². The molecule has 0 saturated carbocycles. The van der Waals surface area contributed by atoms with Gasteiger partial charge in [0.1, 0.15) is 18.1 Å². The maximum atomic E-state index is 12.5. The van der Waals surface area contributed by atoms with Gasteiger partial charge >= 0.3 is 12.2 Å². The van der Waals surface area contributed by atoms with Crippen LogP contribution in [0.1, 0.15) is 11.8 Å². The molecule has 0 unspecified atom stereocenters. The fraction of sp³-hybridized carbons (Fsp3) is 0.375. The van der Waals surface area contributed by atoms with Crippen molar-refractivity contribution in [3.63, 3.8) is 0 Å². The predicted octanol–water partition coefficient (Wildman–Crippen LogP) is 0.904. The van der Waals surface area contributed by atoms with E-state index >= 15 is 0 Å². The normalized spacial score (nSPS) is 20.7. The van der Waals surface area contributed by atoms with Gasteiger partial charge in [0.15, 0.2) is 18.9 Å². The third kappa shape index (κ3) is 3.55. The van der Waals surface area contributed by atoms with Crippen molar-refractivity contribution < 1.29 is 37.7 Å². The molecule has 0 spiro atoms. The smallest absolute Gasteiger partial charge is 0.458 e. The first-order chi connectivity index (χ1) is 13.1. The van der Waals surface area contributed by atoms with Crippen LogP contribution in [-0.4, -0.2) is 60.8 Å². The van der Waals surface area contributed by atoms with Crippen LogP contribution in [-0.2, 0) is 23.7 Å². The van der Waals surface area contributed by atoms with Gasteiger partial charge in [-0.25, -0.2) is 14.5 Å². The summed E-state index contributed by atoms with van der Waals surface area (Å²) in [5.41, 5.74) is 0.539. The molecule has 2 aliphatic rings. The molecule has 0 aliphatic carbocycles. The van der Waals surface area contributed by atoms with Crippen molar-refractivity contribution in [3.05, 3.63) is 30.3 Å². The van der Waals surface area contributed by atoms with Crippen molar-refractivity contribution in [3.8, 4) is 0 Å². The molecule has 0 radical (unpaired) electrons. The van der Waals surface area contributed by atoms with Crippen molar-refractivity contribution in [2.75, 3.05) is 26.7 Å². The number of pyridine rings is 1. The quantitative estimate of drug-likeness (QED) is 0.610. The molecule has 2 saturated heterocycles. The number of rotatable bonds is 4. The molecule has 0 bridgehead atoms. The number of nitrogens with zero attached hydrogens (tertiary/aromatic N) is 2. The van der Waals surface area contributed by atoms with Crippen molar-refractivity contribution in [2.45, 2.75) is 12.1 Å². The molecule has 2 aromatic rings. The van der Waals surface area contributed by atoms with Crippen LogP contribution in [0.4, 0.5) is 9.59 Å². The van der Waals surface area contributed by atoms with Gasteiger partial charge in [-0.2, -0.15) is 0 Å². The van der Waals surface area contributed by atoms with E-state index in [0.717, 1.165) is 4.90 Å². The lowest BCUT2D eigenvalue weighted by Gasteiger charge is -2.22. The largest absolute Gasteiger partial charge is 0.510 e. The standard InChI is InChI=1S/C16H15N3O8/c20-14-13(12-3-9-4-17-2-1-11(9)27-12)18-15(21)19(14)7-25-16(22)26-10-5-23-8-24-6-10/h1-4,10,13H,5-8H2,(H,18,21)/t13-/m0/s1. The fourth-order valence-electron chi connectivity index (χ4n) is 2.70. The first-order valence-electron chi connectivity index (χ1n) is 8.06. The zero-order chi connectivity index (χ0) is 18.8. The average molecular weight is 377 g/mol. The SMILES string of the molecule is O=C(OCN1C(=O)N[C@@H](c2cc3cnccc3o2)C1=O)OC1COCOC1. The molecular weight excluding hydrogens is 362 g/mol. The molecule has 0 aromatic carbocycles. The maximum absolute atomic E-state index is 12.5. The zero-order valence-corrected chi connectivity index (χ0v) is 14.0. The minimum absolute atomic E-state index is 0.136. The summed E-state index contributed by atoms with van der Waals surface area (Å²) in [5, 5.41) is 3.19. The first-order valence-corrected chi connectivity index (χ1v) is 8.06. The number of fused-ring (bicyclic) bond motifs is 1. The fourth-order valence-corrected chi connectivity index (χ4v) is 2.70. The van der Waals surface area contributed by atoms with Gasteiger partial charge in [0.05, 0.1) is 13.2 Å². The number of carbonyl (C=O) groups is 3. The predicted molar refractivity (Wildman–Crippen MR) is 85.1 cm³/mol. The minimum Gasteiger partial charge on any atom is -0.458 e. The molecule has 1 N–H and O–H groups in total. The Morgan fingerprint density at radius 2 is 2.15 bits per heavy atom. The summed E-state index contributed by atoms with van der Waals surface area (Å²) in [4.78, 5) is 41.0. The second-order valence-electron chi connectivity index (χ2n) is 5.83. The Hall–Kier alpha value is -3.18. The van der Waals surface area contributed by atoms with E-state index < -0.39 is 37.0 Å². The van der Waals surface area contributed by atoms with Crippen molar-refractivity contribution in [1.82, 2.24) is 15.2 Å². The summed E-state index contributed by atoms with van der Waals surface area (Å²) >= 11 is 0. The first kappa shape index (κ1) is 17.2. The number of aromatic nitrogens is 1. The topological polar surface area (TPSA) is 129 Å². The van der Waals surface area contributed by atoms with E-state index in [0.29, 0.717) is 11.0 Å². The Balaban J connectivity index is 1.37. The summed E-state index contributed by atoms with van der Waals surface area (Å²) in [6.45, 7) is -0.0880. The van der Waals surface area contributed by atoms with Crippen molar-refractivity contribution >= 4 is 29.1 Å². The van der Waals surface area contributed by atoms with Crippen LogP contribution >= 0.6 is 0 Å². The summed E-state index contributed by atoms with van der Waals surface area (Å²) in [6, 6.07) is 1.55. The van der Waals surface area contributed by atoms with Crippen LogP contribution in [0, 0.1) is 0 Å². The summed E-state index contributed by atoms with van der Waals surface area (Å²) in [5.74, 6) is -0.345. The highest BCUT2D eigenvalue weighted by atomic mass is 16.8. The second-order valence-corrected chi connectivity index (χ2v) is 5.83. The van der Waals surface area contributed by atoms with Gasteiger partial charge in [0.25, 0.3) is 5.91 Å². The lowest BCUT2D eigenvalue weighted by Crippen LogP contribution is -2.37. The number of carbonyl (C=O) groups excluding carboxylic acids is 3. The lowest BCUT2D eigenvalue weighted by atomic mass is 10.2. The highest BCUT2D eigenvalue weighted by Crippen LogP contribution is 2.27. The molecule has 2 aromatic heterocycles. The van der Waals surface area contributed by atoms with Crippen LogP contribution < -0.4 is 5.32 Å². The molecule has 2 aliphatic heterocycles. The minimum atomic E-state index is -1.03. The third-order valence-electron chi connectivity index (χ3n) is 3.99. The summed E-state index contributed by atoms with van der Waals surface area (Å²) in [7, 11) is 0. The van der Waals surface area contributed by atoms with Gasteiger partial charge in [-0.05, 0) is 12.1 Å². The Kier molecular flexibility index (Phi) is 4.60. The van der Waals surface area contributed by atoms with Gasteiger partial charge in [-0.15, -0.1) is 0 Å². The van der Waals surface area contributed by atoms with E-state index in [1.165, 1.54) is 0 Å². The zero-order valence-electron chi connectivity index (χ0n) is 14.0. The van der Waals surface area contributed by atoms with E-state index in [4.69, 9.17) is 23.4 Å². The molecule has 11 heteroatoms. The Labute approximate surface area is 152 Å².